The molecule has 20 heavy (non-hydrogen) atoms. The standard InChI is InChI=1S/C14H27N5O/c1-3-12(6-7-15)4-5-13-16-14(17-20-13)19-10-8-18(2)9-11-19/h12H,3-11,15H2,1-2H3. The summed E-state index contributed by atoms with van der Waals surface area (Å²) in [5.41, 5.74) is 5.62. The molecular formula is C14H27N5O. The summed E-state index contributed by atoms with van der Waals surface area (Å²) in [5.74, 6) is 2.17. The summed E-state index contributed by atoms with van der Waals surface area (Å²) >= 11 is 0. The van der Waals surface area contributed by atoms with Crippen LogP contribution in [0.15, 0.2) is 4.52 Å². The fourth-order valence-corrected chi connectivity index (χ4v) is 2.60. The van der Waals surface area contributed by atoms with Gasteiger partial charge >= 0.3 is 0 Å². The zero-order valence-corrected chi connectivity index (χ0v) is 12.7. The Hall–Kier alpha value is -1.14. The number of anilines is 1. The van der Waals surface area contributed by atoms with Crippen LogP contribution in [0.3, 0.4) is 0 Å². The molecule has 1 saturated heterocycles. The van der Waals surface area contributed by atoms with Gasteiger partial charge in [0, 0.05) is 32.6 Å². The zero-order chi connectivity index (χ0) is 14.4. The van der Waals surface area contributed by atoms with Gasteiger partial charge in [-0.3, -0.25) is 0 Å². The molecule has 0 aliphatic carbocycles. The molecule has 0 aromatic carbocycles. The third-order valence-corrected chi connectivity index (χ3v) is 4.16. The summed E-state index contributed by atoms with van der Waals surface area (Å²) in [5, 5.41) is 4.11. The maximum Gasteiger partial charge on any atom is 0.266 e. The molecule has 6 nitrogen and oxygen atoms in total. The second-order valence-electron chi connectivity index (χ2n) is 5.67. The minimum Gasteiger partial charge on any atom is -0.337 e. The minimum absolute atomic E-state index is 0.666. The molecule has 0 saturated carbocycles. The van der Waals surface area contributed by atoms with Gasteiger partial charge in [-0.15, -0.1) is 0 Å². The van der Waals surface area contributed by atoms with Crippen LogP contribution in [0.4, 0.5) is 5.95 Å². The number of piperazine rings is 1. The van der Waals surface area contributed by atoms with Crippen molar-refractivity contribution in [3.8, 4) is 0 Å². The molecule has 1 atom stereocenters. The predicted octanol–water partition coefficient (Wildman–Crippen LogP) is 1.13. The Balaban J connectivity index is 1.82. The number of aromatic nitrogens is 2. The molecule has 1 aromatic rings. The largest absolute Gasteiger partial charge is 0.337 e. The summed E-state index contributed by atoms with van der Waals surface area (Å²) in [4.78, 5) is 9.04. The molecule has 1 fully saturated rings. The number of nitrogens with zero attached hydrogens (tertiary/aromatic N) is 4. The Morgan fingerprint density at radius 1 is 1.25 bits per heavy atom. The quantitative estimate of drug-likeness (QED) is 0.808. The number of hydrogen-bond acceptors (Lipinski definition) is 6. The number of aryl methyl sites for hydroxylation is 1. The fraction of sp³-hybridized carbons (Fsp3) is 0.857. The first-order chi connectivity index (χ1) is 9.72. The monoisotopic (exact) mass is 281 g/mol. The maximum atomic E-state index is 5.62. The van der Waals surface area contributed by atoms with Crippen LogP contribution in [0.5, 0.6) is 0 Å². The van der Waals surface area contributed by atoms with Crippen LogP contribution in [0.1, 0.15) is 32.1 Å². The number of rotatable bonds is 7. The summed E-state index contributed by atoms with van der Waals surface area (Å²) in [6.07, 6.45) is 4.18. The second-order valence-corrected chi connectivity index (χ2v) is 5.67. The third-order valence-electron chi connectivity index (χ3n) is 4.16. The Morgan fingerprint density at radius 3 is 2.65 bits per heavy atom. The molecular weight excluding hydrogens is 254 g/mol. The minimum atomic E-state index is 0.666. The van der Waals surface area contributed by atoms with Crippen molar-refractivity contribution in [2.75, 3.05) is 44.7 Å². The summed E-state index contributed by atoms with van der Waals surface area (Å²) in [7, 11) is 2.14. The molecule has 0 bridgehead atoms. The molecule has 1 unspecified atom stereocenters. The fourth-order valence-electron chi connectivity index (χ4n) is 2.60. The first kappa shape index (κ1) is 15.3. The highest BCUT2D eigenvalue weighted by Gasteiger charge is 2.19. The van der Waals surface area contributed by atoms with E-state index in [1.54, 1.807) is 0 Å². The van der Waals surface area contributed by atoms with E-state index in [2.05, 4.69) is 33.9 Å². The van der Waals surface area contributed by atoms with Crippen LogP contribution in [-0.4, -0.2) is 54.8 Å². The highest BCUT2D eigenvalue weighted by molar-refractivity contribution is 5.28. The zero-order valence-electron chi connectivity index (χ0n) is 12.7. The van der Waals surface area contributed by atoms with Crippen molar-refractivity contribution in [2.45, 2.75) is 32.6 Å². The highest BCUT2D eigenvalue weighted by atomic mass is 16.5. The van der Waals surface area contributed by atoms with Crippen molar-refractivity contribution in [1.82, 2.24) is 15.0 Å². The third kappa shape index (κ3) is 4.18. The van der Waals surface area contributed by atoms with E-state index in [-0.39, 0.29) is 0 Å². The van der Waals surface area contributed by atoms with Crippen molar-refractivity contribution in [3.05, 3.63) is 5.89 Å². The van der Waals surface area contributed by atoms with Crippen molar-refractivity contribution < 1.29 is 4.52 Å². The van der Waals surface area contributed by atoms with Gasteiger partial charge < -0.3 is 20.1 Å². The highest BCUT2D eigenvalue weighted by Crippen LogP contribution is 2.17. The van der Waals surface area contributed by atoms with Crippen LogP contribution < -0.4 is 10.6 Å². The van der Waals surface area contributed by atoms with E-state index < -0.39 is 0 Å². The Bertz CT molecular complexity index is 387. The van der Waals surface area contributed by atoms with Crippen molar-refractivity contribution in [2.24, 2.45) is 11.7 Å². The maximum absolute atomic E-state index is 5.62. The SMILES string of the molecule is CCC(CCN)CCc1nc(N2CCN(C)CC2)no1. The molecule has 2 N–H and O–H groups in total. The van der Waals surface area contributed by atoms with Crippen LogP contribution in [0.25, 0.3) is 0 Å². The summed E-state index contributed by atoms with van der Waals surface area (Å²) < 4.78 is 5.37. The number of hydrogen-bond donors (Lipinski definition) is 1. The van der Waals surface area contributed by atoms with Crippen molar-refractivity contribution in [1.29, 1.82) is 0 Å². The van der Waals surface area contributed by atoms with E-state index in [1.165, 1.54) is 0 Å². The van der Waals surface area contributed by atoms with Crippen LogP contribution >= 0.6 is 0 Å². The van der Waals surface area contributed by atoms with Gasteiger partial charge in [-0.05, 0) is 37.5 Å². The Labute approximate surface area is 121 Å². The lowest BCUT2D eigenvalue weighted by Gasteiger charge is -2.31. The van der Waals surface area contributed by atoms with Gasteiger partial charge in [0.25, 0.3) is 5.95 Å². The molecule has 114 valence electrons. The molecule has 6 heteroatoms. The van der Waals surface area contributed by atoms with E-state index in [4.69, 9.17) is 10.3 Å². The normalized spacial score (nSPS) is 18.4. The first-order valence-corrected chi connectivity index (χ1v) is 7.69. The topological polar surface area (TPSA) is 71.4 Å². The molecule has 0 amide bonds. The van der Waals surface area contributed by atoms with E-state index in [1.807, 2.05) is 0 Å². The molecule has 0 radical (unpaired) electrons. The van der Waals surface area contributed by atoms with Crippen LogP contribution in [0.2, 0.25) is 0 Å². The number of nitrogens with two attached hydrogens (primary N) is 1. The smallest absolute Gasteiger partial charge is 0.266 e. The van der Waals surface area contributed by atoms with Gasteiger partial charge in [0.05, 0.1) is 0 Å². The summed E-state index contributed by atoms with van der Waals surface area (Å²) in [6.45, 7) is 7.02. The van der Waals surface area contributed by atoms with E-state index >= 15 is 0 Å². The lowest BCUT2D eigenvalue weighted by molar-refractivity contribution is 0.308. The predicted molar refractivity (Wildman–Crippen MR) is 79.8 cm³/mol. The van der Waals surface area contributed by atoms with E-state index in [0.29, 0.717) is 5.92 Å². The average Bonchev–Trinajstić information content (AvgIpc) is 2.93. The first-order valence-electron chi connectivity index (χ1n) is 7.69. The van der Waals surface area contributed by atoms with E-state index in [0.717, 1.165) is 70.2 Å². The van der Waals surface area contributed by atoms with Crippen LogP contribution in [0, 0.1) is 5.92 Å². The lowest BCUT2D eigenvalue weighted by atomic mass is 9.97. The Morgan fingerprint density at radius 2 is 2.00 bits per heavy atom. The molecule has 1 aliphatic heterocycles. The van der Waals surface area contributed by atoms with Crippen LogP contribution in [-0.2, 0) is 6.42 Å². The van der Waals surface area contributed by atoms with Crippen molar-refractivity contribution >= 4 is 5.95 Å². The second kappa shape index (κ2) is 7.59. The molecule has 0 spiro atoms. The van der Waals surface area contributed by atoms with E-state index in [9.17, 15) is 0 Å². The summed E-state index contributed by atoms with van der Waals surface area (Å²) in [6, 6.07) is 0. The molecule has 1 aliphatic rings. The van der Waals surface area contributed by atoms with Gasteiger partial charge in [0.2, 0.25) is 5.89 Å². The number of likely N-dealkylation sites (N-methyl/N-ethyl adjacent to an activating group) is 1. The van der Waals surface area contributed by atoms with Gasteiger partial charge in [-0.2, -0.15) is 4.98 Å². The van der Waals surface area contributed by atoms with Gasteiger partial charge in [0.15, 0.2) is 0 Å². The Kier molecular flexibility index (Phi) is 5.79. The van der Waals surface area contributed by atoms with Gasteiger partial charge in [0.1, 0.15) is 0 Å². The average molecular weight is 281 g/mol. The van der Waals surface area contributed by atoms with Crippen molar-refractivity contribution in [3.63, 3.8) is 0 Å². The lowest BCUT2D eigenvalue weighted by Crippen LogP contribution is -2.44. The van der Waals surface area contributed by atoms with Gasteiger partial charge in [-0.25, -0.2) is 0 Å². The van der Waals surface area contributed by atoms with Gasteiger partial charge in [-0.1, -0.05) is 13.3 Å². The molecule has 1 aromatic heterocycles. The molecule has 2 rings (SSSR count). The molecule has 2 heterocycles.